The lowest BCUT2D eigenvalue weighted by Gasteiger charge is -2.15. The van der Waals surface area contributed by atoms with Crippen molar-refractivity contribution >= 4 is 58.5 Å². The molecule has 11 N–H and O–H groups in total. The number of fused-ring (bicyclic) bond motifs is 3. The number of nitrogens with two attached hydrogens (primary N) is 3. The Morgan fingerprint density at radius 2 is 0.918 bits per heavy atom. The van der Waals surface area contributed by atoms with Crippen LogP contribution in [0.3, 0.4) is 0 Å². The zero-order chi connectivity index (χ0) is 68.9. The molecule has 0 bridgehead atoms. The Morgan fingerprint density at radius 1 is 0.546 bits per heavy atom. The van der Waals surface area contributed by atoms with Gasteiger partial charge in [-0.1, -0.05) is 133 Å². The van der Waals surface area contributed by atoms with Gasteiger partial charge in [-0.05, 0) is 112 Å². The van der Waals surface area contributed by atoms with Crippen LogP contribution in [0.4, 0.5) is 0 Å². The van der Waals surface area contributed by atoms with Crippen LogP contribution in [0.25, 0.3) is 49.8 Å². The van der Waals surface area contributed by atoms with Crippen molar-refractivity contribution in [3.63, 3.8) is 0 Å². The zero-order valence-corrected chi connectivity index (χ0v) is 55.0. The fraction of sp³-hybridized carbons (Fsp3) is 0.229. The summed E-state index contributed by atoms with van der Waals surface area (Å²) in [5.41, 5.74) is 20.1. The summed E-state index contributed by atoms with van der Waals surface area (Å²) in [6.45, 7) is 14.5. The van der Waals surface area contributed by atoms with Crippen LogP contribution in [-0.4, -0.2) is 136 Å². The largest absolute Gasteiger partial charge is 0.381 e. The normalized spacial score (nSPS) is 13.6. The molecule has 1 aliphatic rings. The van der Waals surface area contributed by atoms with Gasteiger partial charge in [0, 0.05) is 60.7 Å². The van der Waals surface area contributed by atoms with Crippen molar-refractivity contribution < 1.29 is 39.2 Å². The molecule has 1 saturated heterocycles. The molecule has 492 valence electrons. The summed E-state index contributed by atoms with van der Waals surface area (Å²) in [6, 6.07) is 45.1. The molecular weight excluding hydrogens is 1250 g/mol. The van der Waals surface area contributed by atoms with Crippen molar-refractivity contribution in [2.45, 2.75) is 82.8 Å². The summed E-state index contributed by atoms with van der Waals surface area (Å²) in [6.07, 6.45) is 7.04. The number of hydrogen-bond donors (Lipinski definition) is 8. The molecule has 3 amide bonds. The zero-order valence-electron chi connectivity index (χ0n) is 54.0. The number of primary amides is 3. The number of aromatic amines is 2. The molecule has 0 spiro atoms. The van der Waals surface area contributed by atoms with Crippen LogP contribution in [0.1, 0.15) is 98.9 Å². The van der Waals surface area contributed by atoms with E-state index in [2.05, 4.69) is 112 Å². The lowest BCUT2D eigenvalue weighted by molar-refractivity contribution is 0.0770. The lowest BCUT2D eigenvalue weighted by atomic mass is 10.0. The first-order valence-corrected chi connectivity index (χ1v) is 34.3. The number of carbonyl (C=O) groups is 3. The van der Waals surface area contributed by atoms with Gasteiger partial charge in [-0.2, -0.15) is 46.1 Å². The van der Waals surface area contributed by atoms with Crippen molar-refractivity contribution in [2.75, 3.05) is 19.8 Å². The molecule has 97 heavy (non-hydrogen) atoms. The molecule has 0 radical (unpaired) electrons. The summed E-state index contributed by atoms with van der Waals surface area (Å²) in [5, 5.41) is 75.2. The predicted molar refractivity (Wildman–Crippen MR) is 365 cm³/mol. The number of H-pyrrole nitrogens is 2. The second-order valence-corrected chi connectivity index (χ2v) is 29.7. The second-order valence-electron chi connectivity index (χ2n) is 24.1. The van der Waals surface area contributed by atoms with Crippen molar-refractivity contribution in [1.82, 2.24) is 75.2 Å². The third-order valence-corrected chi connectivity index (χ3v) is 16.7. The minimum Gasteiger partial charge on any atom is -0.381 e. The van der Waals surface area contributed by atoms with Gasteiger partial charge < -0.3 is 42.0 Å². The number of nitrogens with one attached hydrogen (secondary N) is 2. The number of aromatic nitrogens is 15. The van der Waals surface area contributed by atoms with Crippen molar-refractivity contribution in [3.8, 4) is 52.6 Å². The number of para-hydroxylation sites is 3. The number of rotatable bonds is 14. The molecule has 1 unspecified atom stereocenters. The smallest absolute Gasteiger partial charge is 0.269 e. The Balaban J connectivity index is 0.000000153. The topological polar surface area (TPSA) is 376 Å². The van der Waals surface area contributed by atoms with Gasteiger partial charge in [-0.3, -0.25) is 14.4 Å². The van der Waals surface area contributed by atoms with Gasteiger partial charge in [0.15, 0.2) is 33.9 Å². The Bertz CT molecular complexity index is 4780. The van der Waals surface area contributed by atoms with E-state index in [9.17, 15) is 29.7 Å². The Kier molecular flexibility index (Phi) is 20.9. The fourth-order valence-corrected chi connectivity index (χ4v) is 10.5. The molecule has 3 atom stereocenters. The van der Waals surface area contributed by atoms with E-state index in [-0.39, 0.29) is 23.8 Å². The average Bonchev–Trinajstić information content (AvgIpc) is 1.65. The van der Waals surface area contributed by atoms with E-state index in [0.717, 1.165) is 47.2 Å². The standard InChI is InChI=1S/C26H30N6O3Si.2C20H16N6O2.C4H8O/c1-26(34,23-17-31(30-28-23)18-35-14-15-36(2,3)4)13-12-19-8-7-9-20(16-19)32-22-11-6-5-10-21(22)24(29-32)25(27)33;2*1-20(28,17-12-22-25-23-17)10-9-13-5-4-6-14(11-13)26-16-8-3-2-7-15(16)18(24-26)19(21)27;1-2-4-5-3-1/h5-11,16-17,34H,14-15,18H2,1-4H3,(H2,27,33);2*2-8,11-12,28H,1H3,(H2,21,27)(H,22,23,25);1-4H2/t;2*20-;/m.10./s1. The molecule has 12 aromatic rings. The maximum Gasteiger partial charge on any atom is 0.269 e. The molecule has 1 fully saturated rings. The summed E-state index contributed by atoms with van der Waals surface area (Å²) in [4.78, 5) is 35.3. The maximum absolute atomic E-state index is 11.9. The van der Waals surface area contributed by atoms with Crippen molar-refractivity contribution in [1.29, 1.82) is 0 Å². The molecule has 7 heterocycles. The fourth-order valence-electron chi connectivity index (χ4n) is 9.76. The van der Waals surface area contributed by atoms with Crippen molar-refractivity contribution in [3.05, 3.63) is 215 Å². The molecule has 0 aliphatic carbocycles. The summed E-state index contributed by atoms with van der Waals surface area (Å²) in [5.74, 6) is 15.6. The summed E-state index contributed by atoms with van der Waals surface area (Å²) >= 11 is 0. The number of ether oxygens (including phenoxy) is 2. The van der Waals surface area contributed by atoms with Crippen LogP contribution < -0.4 is 17.2 Å². The van der Waals surface area contributed by atoms with E-state index in [4.69, 9.17) is 26.7 Å². The molecular formula is C70H70N18O8Si. The first-order chi connectivity index (χ1) is 46.4. The quantitative estimate of drug-likeness (QED) is 0.0306. The van der Waals surface area contributed by atoms with Gasteiger partial charge in [-0.15, -0.1) is 5.10 Å². The van der Waals surface area contributed by atoms with E-state index in [1.54, 1.807) is 57.8 Å². The van der Waals surface area contributed by atoms with E-state index in [0.29, 0.717) is 62.2 Å². The van der Waals surface area contributed by atoms with Crippen LogP contribution in [0.2, 0.25) is 25.7 Å². The Morgan fingerprint density at radius 3 is 1.25 bits per heavy atom. The van der Waals surface area contributed by atoms with E-state index < -0.39 is 42.6 Å². The summed E-state index contributed by atoms with van der Waals surface area (Å²) < 4.78 is 17.1. The number of aliphatic hydroxyl groups is 3. The number of hydrogen-bond acceptors (Lipinski definition) is 17. The third-order valence-electron chi connectivity index (χ3n) is 15.0. The highest BCUT2D eigenvalue weighted by Crippen LogP contribution is 2.27. The van der Waals surface area contributed by atoms with Crippen LogP contribution >= 0.6 is 0 Å². The molecule has 6 aromatic carbocycles. The first kappa shape index (κ1) is 68.1. The number of benzene rings is 6. The van der Waals surface area contributed by atoms with E-state index in [1.807, 2.05) is 133 Å². The Hall–Kier alpha value is -11.7. The monoisotopic (exact) mass is 1320 g/mol. The summed E-state index contributed by atoms with van der Waals surface area (Å²) in [7, 11) is -1.16. The van der Waals surface area contributed by atoms with Crippen LogP contribution in [0.5, 0.6) is 0 Å². The third kappa shape index (κ3) is 17.0. The highest BCUT2D eigenvalue weighted by Gasteiger charge is 2.27. The SMILES string of the molecule is C1CCOC1.CC(O)(C#Cc1cccc(-n2nc(C(N)=O)c3ccccc32)c1)c1cn(COCC[Si](C)(C)C)nn1.C[C@@](O)(C#Cc1cccc(-n2nc(C(N)=O)c3ccccc32)c1)c1cn[nH]n1.C[C@](O)(C#Cc1cccc(-n2nc(C(N)=O)c3ccccc32)c1)c1cn[nH]n1. The minimum absolute atomic E-state index is 0.206. The van der Waals surface area contributed by atoms with Crippen LogP contribution in [-0.2, 0) is 33.0 Å². The predicted octanol–water partition coefficient (Wildman–Crippen LogP) is 7.09. The first-order valence-electron chi connectivity index (χ1n) is 30.6. The number of nitrogens with zero attached hydrogens (tertiary/aromatic N) is 13. The van der Waals surface area contributed by atoms with Gasteiger partial charge in [-0.25, -0.2) is 18.7 Å². The minimum atomic E-state index is -1.51. The van der Waals surface area contributed by atoms with E-state index >= 15 is 0 Å². The Labute approximate surface area is 557 Å². The highest BCUT2D eigenvalue weighted by atomic mass is 28.3. The van der Waals surface area contributed by atoms with Gasteiger partial charge in [0.25, 0.3) is 17.7 Å². The molecule has 27 heteroatoms. The highest BCUT2D eigenvalue weighted by molar-refractivity contribution is 6.76. The molecule has 0 saturated carbocycles. The molecule has 6 aromatic heterocycles. The molecule has 26 nitrogen and oxygen atoms in total. The molecule has 1 aliphatic heterocycles. The van der Waals surface area contributed by atoms with Crippen molar-refractivity contribution in [2.24, 2.45) is 17.2 Å². The number of carbonyl (C=O) groups excluding carboxylic acids is 3. The number of amides is 3. The van der Waals surface area contributed by atoms with Gasteiger partial charge >= 0.3 is 0 Å². The van der Waals surface area contributed by atoms with Gasteiger partial charge in [0.2, 0.25) is 0 Å². The average molecular weight is 1320 g/mol. The maximum atomic E-state index is 11.9. The lowest BCUT2D eigenvalue weighted by Crippen LogP contribution is -2.22. The molecule has 13 rings (SSSR count). The van der Waals surface area contributed by atoms with E-state index in [1.165, 1.54) is 25.2 Å². The van der Waals surface area contributed by atoms with Gasteiger partial charge in [0.1, 0.15) is 23.8 Å². The van der Waals surface area contributed by atoms with Crippen LogP contribution in [0, 0.1) is 35.5 Å². The van der Waals surface area contributed by atoms with Crippen LogP contribution in [0.15, 0.2) is 164 Å². The second kappa shape index (κ2) is 29.7. The van der Waals surface area contributed by atoms with Gasteiger partial charge in [0.05, 0.1) is 52.2 Å².